The minimum atomic E-state index is -2.43. The van der Waals surface area contributed by atoms with Crippen LogP contribution in [0.5, 0.6) is 0 Å². The van der Waals surface area contributed by atoms with Crippen molar-refractivity contribution in [2.24, 2.45) is 7.05 Å². The van der Waals surface area contributed by atoms with Crippen molar-refractivity contribution >= 4 is 21.9 Å². The number of furan rings is 1. The fourth-order valence-corrected chi connectivity index (χ4v) is 3.10. The molecular weight excluding hydrogens is 284 g/mol. The molecule has 114 valence electrons. The first-order valence-electron chi connectivity index (χ1n) is 10.3. The topological polar surface area (TPSA) is 29.9 Å². The van der Waals surface area contributed by atoms with Crippen LogP contribution in [0, 0.1) is 20.6 Å². The maximum Gasteiger partial charge on any atom is 0.214 e. The number of pyridine rings is 2. The molecule has 0 saturated heterocycles. The number of para-hydroxylation sites is 1. The molecular formula is C20H19N2O+. The molecule has 0 radical (unpaired) electrons. The molecule has 23 heavy (non-hydrogen) atoms. The van der Waals surface area contributed by atoms with Gasteiger partial charge in [-0.1, -0.05) is 18.2 Å². The van der Waals surface area contributed by atoms with Crippen LogP contribution in [0.2, 0.25) is 0 Å². The highest BCUT2D eigenvalue weighted by Crippen LogP contribution is 2.38. The van der Waals surface area contributed by atoms with Gasteiger partial charge in [-0.2, -0.15) is 0 Å². The predicted octanol–water partition coefficient (Wildman–Crippen LogP) is 4.40. The van der Waals surface area contributed by atoms with E-state index in [9.17, 15) is 0 Å². The van der Waals surface area contributed by atoms with Crippen molar-refractivity contribution in [3.05, 3.63) is 59.5 Å². The highest BCUT2D eigenvalue weighted by atomic mass is 16.3. The van der Waals surface area contributed by atoms with Gasteiger partial charge in [0.25, 0.3) is 0 Å². The van der Waals surface area contributed by atoms with Gasteiger partial charge in [0.05, 0.1) is 17.0 Å². The van der Waals surface area contributed by atoms with Gasteiger partial charge in [0.2, 0.25) is 5.69 Å². The van der Waals surface area contributed by atoms with E-state index in [0.717, 1.165) is 16.6 Å². The van der Waals surface area contributed by atoms with E-state index in [1.165, 1.54) is 0 Å². The van der Waals surface area contributed by atoms with E-state index < -0.39 is 13.7 Å². The molecule has 3 heterocycles. The zero-order valence-electron chi connectivity index (χ0n) is 18.8. The average Bonchev–Trinajstić information content (AvgIpc) is 2.99. The first kappa shape index (κ1) is 8.82. The standard InChI is InChI=1S/C20H19N2O/c1-12-9-10-16(22(4)11-12)18-13(2)21-14(3)20-19(18)15-7-5-6-8-17(15)23-20/h5-11H,1-4H3/q+1/i1D3,3D3. The average molecular weight is 309 g/mol. The molecule has 0 aliphatic carbocycles. The third-order valence-corrected chi connectivity index (χ3v) is 4.09. The summed E-state index contributed by atoms with van der Waals surface area (Å²) in [5.41, 5.74) is 2.92. The van der Waals surface area contributed by atoms with Crippen LogP contribution in [-0.4, -0.2) is 4.98 Å². The third kappa shape index (κ3) is 2.04. The Balaban J connectivity index is 2.12. The maximum absolute atomic E-state index is 7.88. The summed E-state index contributed by atoms with van der Waals surface area (Å²) in [6.45, 7) is -2.89. The second kappa shape index (κ2) is 4.92. The zero-order valence-corrected chi connectivity index (χ0v) is 12.8. The Kier molecular flexibility index (Phi) is 1.89. The largest absolute Gasteiger partial charge is 0.454 e. The van der Waals surface area contributed by atoms with Crippen LogP contribution in [0.15, 0.2) is 47.0 Å². The highest BCUT2D eigenvalue weighted by Gasteiger charge is 2.22. The Bertz CT molecular complexity index is 1250. The molecule has 0 fully saturated rings. The Morgan fingerprint density at radius 3 is 2.74 bits per heavy atom. The predicted molar refractivity (Wildman–Crippen MR) is 92.3 cm³/mol. The molecule has 0 N–H and O–H groups in total. The lowest BCUT2D eigenvalue weighted by Gasteiger charge is -2.08. The van der Waals surface area contributed by atoms with Gasteiger partial charge in [0, 0.05) is 30.6 Å². The van der Waals surface area contributed by atoms with E-state index in [-0.39, 0.29) is 16.8 Å². The second-order valence-corrected chi connectivity index (χ2v) is 5.64. The molecule has 0 saturated carbocycles. The van der Waals surface area contributed by atoms with Gasteiger partial charge in [-0.15, -0.1) is 0 Å². The SMILES string of the molecule is [2H]C([2H])([2H])c1ccc(-c2c(C)nc(C([2H])([2H])[2H])c3oc4ccccc4c23)[n+](C)c1. The summed E-state index contributed by atoms with van der Waals surface area (Å²) in [5.74, 6) is 0. The van der Waals surface area contributed by atoms with E-state index in [1.54, 1.807) is 42.9 Å². The smallest absolute Gasteiger partial charge is 0.214 e. The van der Waals surface area contributed by atoms with E-state index in [1.807, 2.05) is 18.2 Å². The number of hydrogen-bond acceptors (Lipinski definition) is 2. The molecule has 0 aliphatic rings. The van der Waals surface area contributed by atoms with Gasteiger partial charge in [0.15, 0.2) is 11.8 Å². The molecule has 0 atom stereocenters. The Morgan fingerprint density at radius 2 is 1.96 bits per heavy atom. The molecule has 0 bridgehead atoms. The number of rotatable bonds is 1. The lowest BCUT2D eigenvalue weighted by Crippen LogP contribution is -2.31. The van der Waals surface area contributed by atoms with Crippen molar-refractivity contribution in [1.29, 1.82) is 0 Å². The molecule has 0 amide bonds. The number of nitrogens with zero attached hydrogens (tertiary/aromatic N) is 2. The maximum atomic E-state index is 7.88. The molecule has 3 heteroatoms. The van der Waals surface area contributed by atoms with Gasteiger partial charge in [-0.25, -0.2) is 4.57 Å². The van der Waals surface area contributed by atoms with Crippen molar-refractivity contribution in [2.45, 2.75) is 20.6 Å². The van der Waals surface area contributed by atoms with Crippen LogP contribution in [-0.2, 0) is 7.05 Å². The van der Waals surface area contributed by atoms with Crippen LogP contribution in [0.1, 0.15) is 25.2 Å². The van der Waals surface area contributed by atoms with Crippen molar-refractivity contribution in [3.8, 4) is 11.3 Å². The first-order valence-corrected chi connectivity index (χ1v) is 7.31. The Hall–Kier alpha value is -2.68. The van der Waals surface area contributed by atoms with Crippen LogP contribution < -0.4 is 4.57 Å². The van der Waals surface area contributed by atoms with Crippen LogP contribution in [0.25, 0.3) is 33.2 Å². The van der Waals surface area contributed by atoms with Gasteiger partial charge in [-0.05, 0) is 32.8 Å². The van der Waals surface area contributed by atoms with E-state index in [0.29, 0.717) is 16.7 Å². The normalized spacial score (nSPS) is 16.4. The molecule has 3 aromatic heterocycles. The lowest BCUT2D eigenvalue weighted by atomic mass is 10.0. The number of benzene rings is 1. The third-order valence-electron chi connectivity index (χ3n) is 4.09. The van der Waals surface area contributed by atoms with E-state index in [4.69, 9.17) is 12.6 Å². The summed E-state index contributed by atoms with van der Waals surface area (Å²) in [6.07, 6.45) is 1.56. The number of aryl methyl sites for hydroxylation is 4. The monoisotopic (exact) mass is 309 g/mol. The number of fused-ring (bicyclic) bond motifs is 3. The Morgan fingerprint density at radius 1 is 1.09 bits per heavy atom. The molecule has 4 rings (SSSR count). The van der Waals surface area contributed by atoms with Crippen molar-refractivity contribution in [1.82, 2.24) is 4.98 Å². The fourth-order valence-electron chi connectivity index (χ4n) is 3.10. The summed E-state index contributed by atoms with van der Waals surface area (Å²) in [4.78, 5) is 4.38. The molecule has 0 spiro atoms. The summed E-state index contributed by atoms with van der Waals surface area (Å²) in [6, 6.07) is 10.6. The minimum Gasteiger partial charge on any atom is -0.454 e. The van der Waals surface area contributed by atoms with Crippen molar-refractivity contribution in [2.75, 3.05) is 0 Å². The van der Waals surface area contributed by atoms with Gasteiger partial charge >= 0.3 is 0 Å². The molecule has 3 nitrogen and oxygen atoms in total. The molecule has 4 aromatic rings. The Labute approximate surface area is 143 Å². The van der Waals surface area contributed by atoms with Crippen molar-refractivity contribution in [3.63, 3.8) is 0 Å². The molecule has 0 unspecified atom stereocenters. The number of hydrogen-bond donors (Lipinski definition) is 0. The van der Waals surface area contributed by atoms with E-state index >= 15 is 0 Å². The van der Waals surface area contributed by atoms with Crippen LogP contribution in [0.4, 0.5) is 0 Å². The summed E-state index contributed by atoms with van der Waals surface area (Å²) >= 11 is 0. The zero-order chi connectivity index (χ0) is 21.1. The van der Waals surface area contributed by atoms with Gasteiger partial charge in [-0.3, -0.25) is 4.98 Å². The first-order chi connectivity index (χ1) is 13.5. The summed E-state index contributed by atoms with van der Waals surface area (Å²) < 4.78 is 54.2. The molecule has 1 aromatic carbocycles. The van der Waals surface area contributed by atoms with E-state index in [2.05, 4.69) is 4.98 Å². The molecule has 0 aliphatic heterocycles. The minimum absolute atomic E-state index is 0.0771. The second-order valence-electron chi connectivity index (χ2n) is 5.64. The van der Waals surface area contributed by atoms with Crippen LogP contribution in [0.3, 0.4) is 0 Å². The van der Waals surface area contributed by atoms with Gasteiger partial charge < -0.3 is 4.42 Å². The summed E-state index contributed by atoms with van der Waals surface area (Å²) in [5, 5.41) is 1.45. The van der Waals surface area contributed by atoms with Crippen molar-refractivity contribution < 1.29 is 17.2 Å². The lowest BCUT2D eigenvalue weighted by molar-refractivity contribution is -0.660. The summed E-state index contributed by atoms with van der Waals surface area (Å²) in [7, 11) is 1.76. The fraction of sp³-hybridized carbons (Fsp3) is 0.200. The number of aromatic nitrogens is 2. The highest BCUT2D eigenvalue weighted by molar-refractivity contribution is 6.12. The quantitative estimate of drug-likeness (QED) is 0.488. The van der Waals surface area contributed by atoms with Crippen LogP contribution >= 0.6 is 0 Å². The van der Waals surface area contributed by atoms with Gasteiger partial charge in [0.1, 0.15) is 12.6 Å².